The van der Waals surface area contributed by atoms with Gasteiger partial charge in [0.25, 0.3) is 0 Å². The Bertz CT molecular complexity index is 248. The molecule has 1 aliphatic rings. The lowest BCUT2D eigenvalue weighted by Gasteiger charge is -2.30. The van der Waals surface area contributed by atoms with Gasteiger partial charge in [0.1, 0.15) is 0 Å². The minimum absolute atomic E-state index is 0.0844. The number of likely N-dealkylation sites (tertiary alicyclic amines) is 1. The average Bonchev–Trinajstić information content (AvgIpc) is 2.27. The first-order valence-corrected chi connectivity index (χ1v) is 5.79. The quantitative estimate of drug-likeness (QED) is 0.719. The molecule has 3 nitrogen and oxygen atoms in total. The standard InChI is InChI=1S/C11H18F3NO2/c1-17-10(16)9-3-7-15(8-4-9)6-2-5-11(12,13)14/h9H,2-8H2,1H3. The van der Waals surface area contributed by atoms with Crippen molar-refractivity contribution in [3.05, 3.63) is 0 Å². The zero-order chi connectivity index (χ0) is 12.9. The van der Waals surface area contributed by atoms with Gasteiger partial charge in [-0.05, 0) is 38.9 Å². The van der Waals surface area contributed by atoms with E-state index in [4.69, 9.17) is 0 Å². The Balaban J connectivity index is 2.17. The lowest BCUT2D eigenvalue weighted by atomic mass is 9.97. The van der Waals surface area contributed by atoms with Crippen LogP contribution in [0.25, 0.3) is 0 Å². The van der Waals surface area contributed by atoms with Gasteiger partial charge in [-0.25, -0.2) is 0 Å². The molecule has 1 saturated heterocycles. The second-order valence-corrected chi connectivity index (χ2v) is 4.36. The van der Waals surface area contributed by atoms with Crippen molar-refractivity contribution in [1.29, 1.82) is 0 Å². The maximum Gasteiger partial charge on any atom is 0.389 e. The molecule has 1 fully saturated rings. The summed E-state index contributed by atoms with van der Waals surface area (Å²) in [7, 11) is 1.36. The van der Waals surface area contributed by atoms with Crippen LogP contribution < -0.4 is 0 Å². The second kappa shape index (κ2) is 6.23. The lowest BCUT2D eigenvalue weighted by Crippen LogP contribution is -2.37. The Morgan fingerprint density at radius 1 is 1.35 bits per heavy atom. The van der Waals surface area contributed by atoms with E-state index in [0.717, 1.165) is 0 Å². The Hall–Kier alpha value is -0.780. The lowest BCUT2D eigenvalue weighted by molar-refractivity contribution is -0.147. The van der Waals surface area contributed by atoms with E-state index in [1.807, 2.05) is 4.90 Å². The highest BCUT2D eigenvalue weighted by Gasteiger charge is 2.28. The number of carbonyl (C=O) groups is 1. The molecular formula is C11H18F3NO2. The molecule has 0 saturated carbocycles. The SMILES string of the molecule is COC(=O)C1CCN(CCCC(F)(F)F)CC1. The fraction of sp³-hybridized carbons (Fsp3) is 0.909. The van der Waals surface area contributed by atoms with Crippen molar-refractivity contribution < 1.29 is 22.7 Å². The monoisotopic (exact) mass is 253 g/mol. The molecule has 0 unspecified atom stereocenters. The largest absolute Gasteiger partial charge is 0.469 e. The zero-order valence-electron chi connectivity index (χ0n) is 9.92. The minimum atomic E-state index is -4.07. The van der Waals surface area contributed by atoms with Crippen LogP contribution in [0.15, 0.2) is 0 Å². The summed E-state index contributed by atoms with van der Waals surface area (Å²) in [6.07, 6.45) is -3.31. The van der Waals surface area contributed by atoms with Crippen LogP contribution in [0.4, 0.5) is 13.2 Å². The van der Waals surface area contributed by atoms with E-state index in [1.165, 1.54) is 7.11 Å². The zero-order valence-corrected chi connectivity index (χ0v) is 9.92. The minimum Gasteiger partial charge on any atom is -0.469 e. The normalized spacial score (nSPS) is 19.3. The van der Waals surface area contributed by atoms with Crippen LogP contribution in [-0.4, -0.2) is 43.8 Å². The molecule has 6 heteroatoms. The van der Waals surface area contributed by atoms with E-state index < -0.39 is 12.6 Å². The van der Waals surface area contributed by atoms with Crippen molar-refractivity contribution in [2.24, 2.45) is 5.92 Å². The van der Waals surface area contributed by atoms with Crippen LogP contribution >= 0.6 is 0 Å². The number of rotatable bonds is 4. The van der Waals surface area contributed by atoms with Crippen LogP contribution in [0.1, 0.15) is 25.7 Å². The fourth-order valence-electron chi connectivity index (χ4n) is 2.06. The van der Waals surface area contributed by atoms with Gasteiger partial charge in [-0.3, -0.25) is 4.79 Å². The number of alkyl halides is 3. The van der Waals surface area contributed by atoms with E-state index in [2.05, 4.69) is 4.74 Å². The summed E-state index contributed by atoms with van der Waals surface area (Å²) >= 11 is 0. The third-order valence-corrected chi connectivity index (χ3v) is 3.06. The summed E-state index contributed by atoms with van der Waals surface area (Å²) in [5.41, 5.74) is 0. The van der Waals surface area contributed by atoms with Gasteiger partial charge in [-0.15, -0.1) is 0 Å². The predicted octanol–water partition coefficient (Wildman–Crippen LogP) is 2.21. The number of nitrogens with zero attached hydrogens (tertiary/aromatic N) is 1. The van der Waals surface area contributed by atoms with Crippen LogP contribution in [0.3, 0.4) is 0 Å². The van der Waals surface area contributed by atoms with E-state index in [1.54, 1.807) is 0 Å². The van der Waals surface area contributed by atoms with Crippen LogP contribution in [0, 0.1) is 5.92 Å². The maximum absolute atomic E-state index is 11.9. The smallest absolute Gasteiger partial charge is 0.389 e. The first-order valence-electron chi connectivity index (χ1n) is 5.79. The van der Waals surface area contributed by atoms with E-state index in [-0.39, 0.29) is 18.3 Å². The second-order valence-electron chi connectivity index (χ2n) is 4.36. The summed E-state index contributed by atoms with van der Waals surface area (Å²) in [5, 5.41) is 0. The number of methoxy groups -OCH3 is 1. The summed E-state index contributed by atoms with van der Waals surface area (Å²) in [5.74, 6) is -0.293. The molecule has 1 aliphatic heterocycles. The molecule has 0 aromatic heterocycles. The first-order chi connectivity index (χ1) is 7.92. The van der Waals surface area contributed by atoms with E-state index in [9.17, 15) is 18.0 Å². The third kappa shape index (κ3) is 5.39. The van der Waals surface area contributed by atoms with Gasteiger partial charge in [0.05, 0.1) is 13.0 Å². The highest BCUT2D eigenvalue weighted by atomic mass is 19.4. The molecule has 1 rings (SSSR count). The van der Waals surface area contributed by atoms with Crippen molar-refractivity contribution in [2.75, 3.05) is 26.7 Å². The first kappa shape index (κ1) is 14.3. The van der Waals surface area contributed by atoms with Crippen LogP contribution in [-0.2, 0) is 9.53 Å². The van der Waals surface area contributed by atoms with E-state index in [0.29, 0.717) is 32.5 Å². The molecular weight excluding hydrogens is 235 g/mol. The predicted molar refractivity (Wildman–Crippen MR) is 56.5 cm³/mol. The summed E-state index contributed by atoms with van der Waals surface area (Å²) in [4.78, 5) is 13.2. The number of carbonyl (C=O) groups excluding carboxylic acids is 1. The Morgan fingerprint density at radius 2 is 1.94 bits per heavy atom. The Morgan fingerprint density at radius 3 is 2.41 bits per heavy atom. The van der Waals surface area contributed by atoms with Gasteiger partial charge in [0.2, 0.25) is 0 Å². The number of hydrogen-bond donors (Lipinski definition) is 0. The van der Waals surface area contributed by atoms with Gasteiger partial charge < -0.3 is 9.64 Å². The number of piperidine rings is 1. The third-order valence-electron chi connectivity index (χ3n) is 3.06. The molecule has 100 valence electrons. The summed E-state index contributed by atoms with van der Waals surface area (Å²) in [6.45, 7) is 1.81. The van der Waals surface area contributed by atoms with Crippen molar-refractivity contribution in [1.82, 2.24) is 4.90 Å². The molecule has 0 aromatic rings. The Kier molecular flexibility index (Phi) is 5.24. The van der Waals surface area contributed by atoms with Crippen molar-refractivity contribution >= 4 is 5.97 Å². The molecule has 0 aliphatic carbocycles. The Labute approximate surface area is 98.9 Å². The highest BCUT2D eigenvalue weighted by molar-refractivity contribution is 5.72. The molecule has 0 N–H and O–H groups in total. The molecule has 0 amide bonds. The van der Waals surface area contributed by atoms with E-state index >= 15 is 0 Å². The highest BCUT2D eigenvalue weighted by Crippen LogP contribution is 2.23. The number of esters is 1. The molecule has 0 aromatic carbocycles. The van der Waals surface area contributed by atoms with Gasteiger partial charge in [-0.2, -0.15) is 13.2 Å². The summed E-state index contributed by atoms with van der Waals surface area (Å²) in [6, 6.07) is 0. The molecule has 0 atom stereocenters. The van der Waals surface area contributed by atoms with Gasteiger partial charge in [-0.1, -0.05) is 0 Å². The average molecular weight is 253 g/mol. The van der Waals surface area contributed by atoms with Gasteiger partial charge >= 0.3 is 12.1 Å². The number of hydrogen-bond acceptors (Lipinski definition) is 3. The molecule has 17 heavy (non-hydrogen) atoms. The number of halogens is 3. The maximum atomic E-state index is 11.9. The topological polar surface area (TPSA) is 29.5 Å². The molecule has 0 spiro atoms. The van der Waals surface area contributed by atoms with Gasteiger partial charge in [0.15, 0.2) is 0 Å². The summed E-state index contributed by atoms with van der Waals surface area (Å²) < 4.78 is 40.5. The molecule has 1 heterocycles. The van der Waals surface area contributed by atoms with Crippen LogP contribution in [0.2, 0.25) is 0 Å². The molecule has 0 radical (unpaired) electrons. The fourth-order valence-corrected chi connectivity index (χ4v) is 2.06. The van der Waals surface area contributed by atoms with Crippen molar-refractivity contribution in [2.45, 2.75) is 31.9 Å². The van der Waals surface area contributed by atoms with Gasteiger partial charge in [0, 0.05) is 6.42 Å². The van der Waals surface area contributed by atoms with Crippen molar-refractivity contribution in [3.63, 3.8) is 0 Å². The van der Waals surface area contributed by atoms with Crippen molar-refractivity contribution in [3.8, 4) is 0 Å². The number of ether oxygens (including phenoxy) is 1. The van der Waals surface area contributed by atoms with Crippen LogP contribution in [0.5, 0.6) is 0 Å². The molecule has 0 bridgehead atoms.